The number of anilines is 2. The van der Waals surface area contributed by atoms with Crippen molar-refractivity contribution >= 4 is 22.5 Å². The lowest BCUT2D eigenvalue weighted by Gasteiger charge is -2.22. The number of aryl methyl sites for hydroxylation is 1. The lowest BCUT2D eigenvalue weighted by molar-refractivity contribution is 0.796. The number of hydrogen-bond donors (Lipinski definition) is 0. The Morgan fingerprint density at radius 1 is 1.23 bits per heavy atom. The highest BCUT2D eigenvalue weighted by molar-refractivity contribution is 7.09. The van der Waals surface area contributed by atoms with E-state index in [0.29, 0.717) is 5.56 Å². The van der Waals surface area contributed by atoms with E-state index in [2.05, 4.69) is 37.1 Å². The molecule has 3 heterocycles. The molecule has 0 atom stereocenters. The van der Waals surface area contributed by atoms with Crippen LogP contribution in [-0.4, -0.2) is 40.5 Å². The van der Waals surface area contributed by atoms with Crippen LogP contribution >= 0.6 is 11.5 Å². The van der Waals surface area contributed by atoms with Crippen LogP contribution in [0.5, 0.6) is 0 Å². The maximum Gasteiger partial charge on any atom is 0.205 e. The molecular weight excluding hydrogens is 296 g/mol. The van der Waals surface area contributed by atoms with E-state index in [0.717, 1.165) is 55.8 Å². The normalized spacial score (nSPS) is 15.5. The van der Waals surface area contributed by atoms with Gasteiger partial charge in [0.2, 0.25) is 5.13 Å². The zero-order valence-electron chi connectivity index (χ0n) is 12.6. The first-order valence-corrected chi connectivity index (χ1v) is 8.26. The van der Waals surface area contributed by atoms with Gasteiger partial charge in [0.15, 0.2) is 0 Å². The number of nitriles is 1. The van der Waals surface area contributed by atoms with Gasteiger partial charge in [-0.2, -0.15) is 9.64 Å². The van der Waals surface area contributed by atoms with Gasteiger partial charge < -0.3 is 9.80 Å². The molecule has 1 aliphatic heterocycles. The van der Waals surface area contributed by atoms with Crippen LogP contribution in [0.2, 0.25) is 0 Å². The van der Waals surface area contributed by atoms with E-state index in [4.69, 9.17) is 5.26 Å². The maximum atomic E-state index is 8.84. The monoisotopic (exact) mass is 314 g/mol. The predicted molar refractivity (Wildman–Crippen MR) is 87.3 cm³/mol. The minimum Gasteiger partial charge on any atom is -0.355 e. The fraction of sp³-hybridized carbons (Fsp3) is 0.467. The summed E-state index contributed by atoms with van der Waals surface area (Å²) in [6.07, 6.45) is 3.57. The molecule has 1 aliphatic rings. The quantitative estimate of drug-likeness (QED) is 0.864. The molecule has 0 spiro atoms. The van der Waals surface area contributed by atoms with Gasteiger partial charge in [-0.25, -0.2) is 9.97 Å². The summed E-state index contributed by atoms with van der Waals surface area (Å²) >= 11 is 1.49. The first-order chi connectivity index (χ1) is 10.8. The highest BCUT2D eigenvalue weighted by Gasteiger charge is 2.18. The standard InChI is InChI=1S/C15H18N6S/c1-2-13-18-15(22-19-13)21-7-3-6-20(8-9-21)14-5-4-12(10-16)11-17-14/h4-5,11H,2-3,6-9H2,1H3. The Balaban J connectivity index is 1.67. The van der Waals surface area contributed by atoms with Crippen LogP contribution in [0.1, 0.15) is 24.7 Å². The summed E-state index contributed by atoms with van der Waals surface area (Å²) in [6.45, 7) is 5.85. The van der Waals surface area contributed by atoms with Gasteiger partial charge in [-0.3, -0.25) is 0 Å². The maximum absolute atomic E-state index is 8.84. The van der Waals surface area contributed by atoms with Crippen molar-refractivity contribution in [1.29, 1.82) is 5.26 Å². The fourth-order valence-electron chi connectivity index (χ4n) is 2.49. The average molecular weight is 314 g/mol. The second-order valence-corrected chi connectivity index (χ2v) is 5.92. The van der Waals surface area contributed by atoms with Crippen molar-refractivity contribution in [2.24, 2.45) is 0 Å². The second kappa shape index (κ2) is 6.71. The number of aromatic nitrogens is 3. The van der Waals surface area contributed by atoms with Crippen LogP contribution in [0.15, 0.2) is 18.3 Å². The topological polar surface area (TPSA) is 68.9 Å². The van der Waals surface area contributed by atoms with Crippen LogP contribution < -0.4 is 9.80 Å². The molecule has 7 heteroatoms. The summed E-state index contributed by atoms with van der Waals surface area (Å²) in [6, 6.07) is 5.85. The van der Waals surface area contributed by atoms with E-state index in [-0.39, 0.29) is 0 Å². The highest BCUT2D eigenvalue weighted by Crippen LogP contribution is 2.21. The van der Waals surface area contributed by atoms with Gasteiger partial charge in [0, 0.05) is 50.3 Å². The van der Waals surface area contributed by atoms with Gasteiger partial charge >= 0.3 is 0 Å². The van der Waals surface area contributed by atoms with Crippen LogP contribution in [0.25, 0.3) is 0 Å². The molecule has 2 aromatic rings. The summed E-state index contributed by atoms with van der Waals surface area (Å²) in [5, 5.41) is 9.86. The first-order valence-electron chi connectivity index (χ1n) is 7.49. The molecule has 0 amide bonds. The zero-order chi connectivity index (χ0) is 15.4. The molecule has 0 aromatic carbocycles. The third kappa shape index (κ3) is 3.17. The highest BCUT2D eigenvalue weighted by atomic mass is 32.1. The SMILES string of the molecule is CCc1nsc(N2CCCN(c3ccc(C#N)cn3)CC2)n1. The third-order valence-electron chi connectivity index (χ3n) is 3.74. The van der Waals surface area contributed by atoms with Gasteiger partial charge in [0.1, 0.15) is 17.7 Å². The zero-order valence-corrected chi connectivity index (χ0v) is 13.4. The molecular formula is C15H18N6S. The van der Waals surface area contributed by atoms with Crippen molar-refractivity contribution < 1.29 is 0 Å². The van der Waals surface area contributed by atoms with E-state index < -0.39 is 0 Å². The molecule has 0 N–H and O–H groups in total. The molecule has 0 bridgehead atoms. The van der Waals surface area contributed by atoms with Crippen molar-refractivity contribution in [2.75, 3.05) is 36.0 Å². The van der Waals surface area contributed by atoms with E-state index in [9.17, 15) is 0 Å². The number of rotatable bonds is 3. The predicted octanol–water partition coefficient (Wildman–Crippen LogP) is 2.08. The fourth-order valence-corrected chi connectivity index (χ4v) is 3.30. The lowest BCUT2D eigenvalue weighted by atomic mass is 10.3. The molecule has 22 heavy (non-hydrogen) atoms. The Morgan fingerprint density at radius 2 is 2.05 bits per heavy atom. The molecule has 114 valence electrons. The van der Waals surface area contributed by atoms with Crippen molar-refractivity contribution in [1.82, 2.24) is 14.3 Å². The Morgan fingerprint density at radius 3 is 2.73 bits per heavy atom. The summed E-state index contributed by atoms with van der Waals surface area (Å²) in [5.41, 5.74) is 0.598. The van der Waals surface area contributed by atoms with Crippen molar-refractivity contribution in [2.45, 2.75) is 19.8 Å². The van der Waals surface area contributed by atoms with E-state index in [1.165, 1.54) is 11.5 Å². The minimum absolute atomic E-state index is 0.598. The van der Waals surface area contributed by atoms with Crippen molar-refractivity contribution in [3.05, 3.63) is 29.7 Å². The van der Waals surface area contributed by atoms with Gasteiger partial charge in [-0.1, -0.05) is 6.92 Å². The van der Waals surface area contributed by atoms with Gasteiger partial charge in [-0.15, -0.1) is 0 Å². The molecule has 2 aromatic heterocycles. The van der Waals surface area contributed by atoms with Gasteiger partial charge in [0.25, 0.3) is 0 Å². The number of nitrogens with zero attached hydrogens (tertiary/aromatic N) is 6. The van der Waals surface area contributed by atoms with Crippen molar-refractivity contribution in [3.8, 4) is 6.07 Å². The van der Waals surface area contributed by atoms with Crippen LogP contribution in [0.4, 0.5) is 10.9 Å². The summed E-state index contributed by atoms with van der Waals surface area (Å²) in [4.78, 5) is 13.5. The molecule has 1 fully saturated rings. The summed E-state index contributed by atoms with van der Waals surface area (Å²) < 4.78 is 4.37. The Bertz CT molecular complexity index is 659. The Hall–Kier alpha value is -2.20. The Labute approximate surface area is 134 Å². The molecule has 6 nitrogen and oxygen atoms in total. The molecule has 3 rings (SSSR count). The van der Waals surface area contributed by atoms with E-state index >= 15 is 0 Å². The summed E-state index contributed by atoms with van der Waals surface area (Å²) in [5.74, 6) is 1.86. The molecule has 1 saturated heterocycles. The first kappa shape index (κ1) is 14.7. The van der Waals surface area contributed by atoms with Gasteiger partial charge in [-0.05, 0) is 18.6 Å². The Kier molecular flexibility index (Phi) is 4.49. The van der Waals surface area contributed by atoms with Gasteiger partial charge in [0.05, 0.1) is 5.56 Å². The van der Waals surface area contributed by atoms with E-state index in [1.54, 1.807) is 6.20 Å². The third-order valence-corrected chi connectivity index (χ3v) is 4.56. The summed E-state index contributed by atoms with van der Waals surface area (Å²) in [7, 11) is 0. The van der Waals surface area contributed by atoms with Crippen LogP contribution in [0.3, 0.4) is 0 Å². The minimum atomic E-state index is 0.598. The lowest BCUT2D eigenvalue weighted by Crippen LogP contribution is -2.31. The van der Waals surface area contributed by atoms with Crippen LogP contribution in [0, 0.1) is 11.3 Å². The molecule has 0 aliphatic carbocycles. The largest absolute Gasteiger partial charge is 0.355 e. The molecule has 0 saturated carbocycles. The van der Waals surface area contributed by atoms with Crippen molar-refractivity contribution in [3.63, 3.8) is 0 Å². The van der Waals surface area contributed by atoms with E-state index in [1.807, 2.05) is 12.1 Å². The smallest absolute Gasteiger partial charge is 0.205 e. The number of hydrogen-bond acceptors (Lipinski definition) is 7. The average Bonchev–Trinajstić information content (AvgIpc) is 2.92. The molecule has 0 unspecified atom stereocenters. The number of pyridine rings is 1. The van der Waals surface area contributed by atoms with Crippen LogP contribution in [-0.2, 0) is 6.42 Å². The second-order valence-electron chi connectivity index (χ2n) is 5.19. The molecule has 0 radical (unpaired) electrons.